The summed E-state index contributed by atoms with van der Waals surface area (Å²) in [4.78, 5) is 20.7. The second-order valence-corrected chi connectivity index (χ2v) is 8.66. The molecule has 1 amide bonds. The number of fused-ring (bicyclic) bond motifs is 1. The Morgan fingerprint density at radius 3 is 2.62 bits per heavy atom. The number of hydrogen-bond donors (Lipinski definition) is 2. The molecule has 2 heterocycles. The van der Waals surface area contributed by atoms with Gasteiger partial charge in [-0.2, -0.15) is 0 Å². The maximum absolute atomic E-state index is 11.9. The maximum Gasteiger partial charge on any atom is 0.269 e. The first-order valence-electron chi connectivity index (χ1n) is 11.5. The summed E-state index contributed by atoms with van der Waals surface area (Å²) in [7, 11) is 5.14. The van der Waals surface area contributed by atoms with Crippen LogP contribution in [-0.2, 0) is 7.05 Å². The minimum Gasteiger partial charge on any atom is -0.497 e. The van der Waals surface area contributed by atoms with E-state index in [0.717, 1.165) is 33.6 Å². The van der Waals surface area contributed by atoms with E-state index in [1.165, 1.54) is 6.20 Å². The number of halogens is 1. The molecule has 0 unspecified atom stereocenters. The molecule has 37 heavy (non-hydrogen) atoms. The van der Waals surface area contributed by atoms with Crippen LogP contribution in [0.3, 0.4) is 0 Å². The number of ether oxygens (including phenoxy) is 2. The Balaban J connectivity index is 1.41. The van der Waals surface area contributed by atoms with E-state index < -0.39 is 0 Å². The molecule has 0 aliphatic carbocycles. The number of pyridine rings is 1. The highest BCUT2D eigenvalue weighted by Crippen LogP contribution is 2.34. The summed E-state index contributed by atoms with van der Waals surface area (Å²) in [5.41, 5.74) is 4.64. The third kappa shape index (κ3) is 5.05. The van der Waals surface area contributed by atoms with Gasteiger partial charge in [0.2, 0.25) is 5.95 Å². The lowest BCUT2D eigenvalue weighted by atomic mass is 10.0. The molecule has 0 aliphatic rings. The minimum atomic E-state index is -0.280. The molecular formula is C28H24ClN5O3. The van der Waals surface area contributed by atoms with Gasteiger partial charge in [0.15, 0.2) is 0 Å². The highest BCUT2D eigenvalue weighted by molar-refractivity contribution is 6.33. The smallest absolute Gasteiger partial charge is 0.269 e. The lowest BCUT2D eigenvalue weighted by Gasteiger charge is -2.11. The second-order valence-electron chi connectivity index (χ2n) is 8.25. The lowest BCUT2D eigenvalue weighted by molar-refractivity contribution is 0.0958. The van der Waals surface area contributed by atoms with Gasteiger partial charge in [-0.1, -0.05) is 23.7 Å². The Hall–Kier alpha value is -4.56. The topological polar surface area (TPSA) is 90.3 Å². The van der Waals surface area contributed by atoms with Crippen LogP contribution in [0.2, 0.25) is 5.02 Å². The molecule has 8 nitrogen and oxygen atoms in total. The molecule has 5 rings (SSSR count). The number of rotatable bonds is 7. The van der Waals surface area contributed by atoms with Gasteiger partial charge in [-0.3, -0.25) is 9.78 Å². The summed E-state index contributed by atoms with van der Waals surface area (Å²) in [6, 6.07) is 22.5. The number of benzene rings is 3. The van der Waals surface area contributed by atoms with Crippen LogP contribution < -0.4 is 20.1 Å². The standard InChI is InChI=1S/C28H24ClN5O3/c1-30-27(35)25-16-21(11-12-31-25)37-20-8-10-26-24(15-20)33-28(34(26)2)32-18-7-9-23(29)22(14-18)17-5-4-6-19(13-17)36-3/h4-16H,1-3H3,(H,30,35)(H,32,33). The molecule has 0 aliphatic heterocycles. The first kappa shape index (κ1) is 24.1. The number of methoxy groups -OCH3 is 1. The summed E-state index contributed by atoms with van der Waals surface area (Å²) in [5.74, 6) is 2.25. The molecular weight excluding hydrogens is 490 g/mol. The van der Waals surface area contributed by atoms with Crippen LogP contribution in [0.1, 0.15) is 10.5 Å². The van der Waals surface area contributed by atoms with Crippen molar-refractivity contribution in [2.45, 2.75) is 0 Å². The molecule has 0 radical (unpaired) electrons. The van der Waals surface area contributed by atoms with Crippen LogP contribution in [-0.4, -0.2) is 34.6 Å². The molecule has 0 spiro atoms. The summed E-state index contributed by atoms with van der Waals surface area (Å²) in [5, 5.41) is 6.59. The summed E-state index contributed by atoms with van der Waals surface area (Å²) in [6.07, 6.45) is 1.53. The van der Waals surface area contributed by atoms with Crippen molar-refractivity contribution in [1.29, 1.82) is 0 Å². The summed E-state index contributed by atoms with van der Waals surface area (Å²) in [6.45, 7) is 0. The van der Waals surface area contributed by atoms with Crippen LogP contribution >= 0.6 is 11.6 Å². The zero-order valence-corrected chi connectivity index (χ0v) is 21.2. The number of hydrogen-bond acceptors (Lipinski definition) is 6. The van der Waals surface area contributed by atoms with Gasteiger partial charge in [0, 0.05) is 48.7 Å². The Kier molecular flexibility index (Phi) is 6.66. The van der Waals surface area contributed by atoms with E-state index in [1.807, 2.05) is 72.3 Å². The van der Waals surface area contributed by atoms with Gasteiger partial charge in [0.25, 0.3) is 5.91 Å². The van der Waals surface area contributed by atoms with Gasteiger partial charge in [0.05, 0.1) is 18.1 Å². The van der Waals surface area contributed by atoms with Crippen molar-refractivity contribution in [2.24, 2.45) is 7.05 Å². The predicted octanol–water partition coefficient (Wildman–Crippen LogP) is 6.19. The Morgan fingerprint density at radius 1 is 0.973 bits per heavy atom. The third-order valence-corrected chi connectivity index (χ3v) is 6.21. The number of nitrogens with one attached hydrogen (secondary N) is 2. The Bertz CT molecular complexity index is 1620. The first-order chi connectivity index (χ1) is 17.9. The molecule has 3 aromatic carbocycles. The van der Waals surface area contributed by atoms with E-state index in [1.54, 1.807) is 26.3 Å². The minimum absolute atomic E-state index is 0.279. The summed E-state index contributed by atoms with van der Waals surface area (Å²) < 4.78 is 13.3. The molecule has 0 bridgehead atoms. The van der Waals surface area contributed by atoms with Crippen molar-refractivity contribution in [1.82, 2.24) is 19.9 Å². The molecule has 5 aromatic rings. The maximum atomic E-state index is 11.9. The lowest BCUT2D eigenvalue weighted by Crippen LogP contribution is -2.18. The largest absolute Gasteiger partial charge is 0.497 e. The van der Waals surface area contributed by atoms with E-state index in [9.17, 15) is 4.79 Å². The molecule has 0 saturated carbocycles. The number of aromatic nitrogens is 3. The number of nitrogens with zero attached hydrogens (tertiary/aromatic N) is 3. The number of carbonyl (C=O) groups is 1. The molecule has 2 N–H and O–H groups in total. The SMILES string of the molecule is CNC(=O)c1cc(Oc2ccc3c(c2)nc(Nc2ccc(Cl)c(-c4cccc(OC)c4)c2)n3C)ccn1. The van der Waals surface area contributed by atoms with Crippen LogP contribution in [0.15, 0.2) is 79.0 Å². The van der Waals surface area contributed by atoms with Gasteiger partial charge >= 0.3 is 0 Å². The average molecular weight is 514 g/mol. The zero-order chi connectivity index (χ0) is 25.9. The number of anilines is 2. The van der Waals surface area contributed by atoms with E-state index in [4.69, 9.17) is 26.1 Å². The number of imidazole rings is 1. The summed E-state index contributed by atoms with van der Waals surface area (Å²) >= 11 is 6.51. The van der Waals surface area contributed by atoms with Gasteiger partial charge in [-0.05, 0) is 54.1 Å². The van der Waals surface area contributed by atoms with E-state index in [0.29, 0.717) is 22.5 Å². The fourth-order valence-electron chi connectivity index (χ4n) is 3.96. The Morgan fingerprint density at radius 2 is 1.81 bits per heavy atom. The molecule has 0 saturated heterocycles. The third-order valence-electron chi connectivity index (χ3n) is 5.88. The normalized spacial score (nSPS) is 10.8. The highest BCUT2D eigenvalue weighted by atomic mass is 35.5. The van der Waals surface area contributed by atoms with Crippen molar-refractivity contribution in [3.05, 3.63) is 89.7 Å². The van der Waals surface area contributed by atoms with Crippen LogP contribution in [0.4, 0.5) is 11.6 Å². The van der Waals surface area contributed by atoms with Crippen molar-refractivity contribution < 1.29 is 14.3 Å². The quantitative estimate of drug-likeness (QED) is 0.269. The fourth-order valence-corrected chi connectivity index (χ4v) is 4.19. The predicted molar refractivity (Wildman–Crippen MR) is 145 cm³/mol. The second kappa shape index (κ2) is 10.2. The van der Waals surface area contributed by atoms with Gasteiger partial charge in [-0.15, -0.1) is 0 Å². The number of aryl methyl sites for hydroxylation is 1. The molecule has 2 aromatic heterocycles. The van der Waals surface area contributed by atoms with Gasteiger partial charge in [0.1, 0.15) is 22.9 Å². The van der Waals surface area contributed by atoms with Crippen LogP contribution in [0.5, 0.6) is 17.2 Å². The number of amides is 1. The average Bonchev–Trinajstić information content (AvgIpc) is 3.23. The van der Waals surface area contributed by atoms with Crippen LogP contribution in [0, 0.1) is 0 Å². The zero-order valence-electron chi connectivity index (χ0n) is 20.4. The van der Waals surface area contributed by atoms with Gasteiger partial charge in [-0.25, -0.2) is 4.98 Å². The van der Waals surface area contributed by atoms with Gasteiger partial charge < -0.3 is 24.7 Å². The molecule has 9 heteroatoms. The highest BCUT2D eigenvalue weighted by Gasteiger charge is 2.13. The van der Waals surface area contributed by atoms with E-state index >= 15 is 0 Å². The molecule has 186 valence electrons. The van der Waals surface area contributed by atoms with E-state index in [-0.39, 0.29) is 11.6 Å². The van der Waals surface area contributed by atoms with E-state index in [2.05, 4.69) is 15.6 Å². The number of carbonyl (C=O) groups excluding carboxylic acids is 1. The molecule has 0 atom stereocenters. The first-order valence-corrected chi connectivity index (χ1v) is 11.9. The molecule has 0 fully saturated rings. The van der Waals surface area contributed by atoms with Crippen molar-refractivity contribution in [3.63, 3.8) is 0 Å². The monoisotopic (exact) mass is 513 g/mol. The van der Waals surface area contributed by atoms with Crippen molar-refractivity contribution in [3.8, 4) is 28.4 Å². The Labute approximate surface area is 218 Å². The van der Waals surface area contributed by atoms with Crippen LogP contribution in [0.25, 0.3) is 22.2 Å². The van der Waals surface area contributed by atoms with Crippen molar-refractivity contribution >= 4 is 40.2 Å². The fraction of sp³-hybridized carbons (Fsp3) is 0.107. The van der Waals surface area contributed by atoms with Crippen molar-refractivity contribution in [2.75, 3.05) is 19.5 Å².